The summed E-state index contributed by atoms with van der Waals surface area (Å²) in [7, 11) is 0. The highest BCUT2D eigenvalue weighted by Gasteiger charge is 2.33. The van der Waals surface area contributed by atoms with Gasteiger partial charge in [0.25, 0.3) is 0 Å². The normalized spacial score (nSPS) is 36.8. The minimum atomic E-state index is -0.319. The van der Waals surface area contributed by atoms with E-state index in [0.717, 1.165) is 5.03 Å². The van der Waals surface area contributed by atoms with Crippen molar-refractivity contribution in [1.29, 1.82) is 0 Å². The van der Waals surface area contributed by atoms with Gasteiger partial charge in [-0.15, -0.1) is 11.6 Å². The van der Waals surface area contributed by atoms with Crippen LogP contribution in [-0.2, 0) is 0 Å². The van der Waals surface area contributed by atoms with Gasteiger partial charge >= 0.3 is 0 Å². The first kappa shape index (κ1) is 10.1. The first-order valence-electron chi connectivity index (χ1n) is 4.11. The Bertz CT molecular complexity index is 259. The molecule has 12 heavy (non-hydrogen) atoms. The van der Waals surface area contributed by atoms with Gasteiger partial charge in [0, 0.05) is 11.0 Å². The molecule has 0 heterocycles. The minimum Gasteiger partial charge on any atom is -0.114 e. The molecule has 0 bridgehead atoms. The zero-order chi connectivity index (χ0) is 9.52. The lowest BCUT2D eigenvalue weighted by molar-refractivity contribution is 0.569. The van der Waals surface area contributed by atoms with Gasteiger partial charge < -0.3 is 0 Å². The Morgan fingerprint density at radius 1 is 1.42 bits per heavy atom. The van der Waals surface area contributed by atoms with Crippen LogP contribution in [0.5, 0.6) is 0 Å². The molecule has 0 aromatic heterocycles. The van der Waals surface area contributed by atoms with E-state index >= 15 is 0 Å². The van der Waals surface area contributed by atoms with Crippen molar-refractivity contribution in [3.05, 3.63) is 22.3 Å². The lowest BCUT2D eigenvalue weighted by Gasteiger charge is -2.32. The molecule has 0 saturated carbocycles. The van der Waals surface area contributed by atoms with Crippen LogP contribution in [0.3, 0.4) is 0 Å². The van der Waals surface area contributed by atoms with Gasteiger partial charge in [-0.1, -0.05) is 24.6 Å². The molecule has 1 aliphatic carbocycles. The van der Waals surface area contributed by atoms with Crippen molar-refractivity contribution in [2.75, 3.05) is 0 Å². The average molecular weight is 205 g/mol. The van der Waals surface area contributed by atoms with Gasteiger partial charge in [0.2, 0.25) is 0 Å². The lowest BCUT2D eigenvalue weighted by atomic mass is 9.84. The summed E-state index contributed by atoms with van der Waals surface area (Å²) in [4.78, 5) is -0.319. The molecule has 0 fully saturated rings. The van der Waals surface area contributed by atoms with Crippen LogP contribution < -0.4 is 0 Å². The Morgan fingerprint density at radius 3 is 2.42 bits per heavy atom. The number of hydrogen-bond acceptors (Lipinski definition) is 0. The Kier molecular flexibility index (Phi) is 2.60. The van der Waals surface area contributed by atoms with Crippen molar-refractivity contribution in [1.82, 2.24) is 0 Å². The maximum Gasteiger partial charge on any atom is 0.0677 e. The van der Waals surface area contributed by atoms with E-state index < -0.39 is 0 Å². The fourth-order valence-electron chi connectivity index (χ4n) is 1.42. The van der Waals surface area contributed by atoms with Crippen molar-refractivity contribution in [2.45, 2.75) is 32.6 Å². The highest BCUT2D eigenvalue weighted by atomic mass is 35.5. The van der Waals surface area contributed by atoms with Crippen LogP contribution in [0.25, 0.3) is 0 Å². The Labute approximate surface area is 84.2 Å². The van der Waals surface area contributed by atoms with Crippen molar-refractivity contribution in [3.63, 3.8) is 0 Å². The fraction of sp³-hybridized carbons (Fsp3) is 0.600. The van der Waals surface area contributed by atoms with E-state index in [1.54, 1.807) is 0 Å². The summed E-state index contributed by atoms with van der Waals surface area (Å²) in [6.07, 6.45) is 2.08. The Hall–Kier alpha value is 0.0600. The molecule has 0 aromatic rings. The molecule has 0 radical (unpaired) electrons. The van der Waals surface area contributed by atoms with E-state index in [9.17, 15) is 0 Å². The van der Waals surface area contributed by atoms with E-state index in [1.807, 2.05) is 20.8 Å². The van der Waals surface area contributed by atoms with Crippen molar-refractivity contribution < 1.29 is 0 Å². The summed E-state index contributed by atoms with van der Waals surface area (Å²) in [6.45, 7) is 8.14. The Balaban J connectivity index is 3.15. The summed E-state index contributed by atoms with van der Waals surface area (Å²) in [6, 6.07) is 0. The highest BCUT2D eigenvalue weighted by molar-refractivity contribution is 6.33. The van der Waals surface area contributed by atoms with Crippen molar-refractivity contribution >= 4 is 23.2 Å². The van der Waals surface area contributed by atoms with Gasteiger partial charge in [-0.25, -0.2) is 0 Å². The van der Waals surface area contributed by atoms with Crippen LogP contribution in [0.2, 0.25) is 0 Å². The van der Waals surface area contributed by atoms with Gasteiger partial charge in [0.05, 0.1) is 4.87 Å². The van der Waals surface area contributed by atoms with Gasteiger partial charge in [0.15, 0.2) is 0 Å². The third kappa shape index (κ3) is 1.55. The molecule has 0 amide bonds. The summed E-state index contributed by atoms with van der Waals surface area (Å²) < 4.78 is 0. The average Bonchev–Trinajstić information content (AvgIpc) is 1.97. The zero-order valence-electron chi connectivity index (χ0n) is 7.91. The largest absolute Gasteiger partial charge is 0.114 e. The smallest absolute Gasteiger partial charge is 0.0677 e. The fourth-order valence-corrected chi connectivity index (χ4v) is 2.12. The number of rotatable bonds is 0. The highest BCUT2D eigenvalue weighted by Crippen LogP contribution is 2.41. The molecule has 0 aromatic carbocycles. The molecular weight excluding hydrogens is 191 g/mol. The van der Waals surface area contributed by atoms with Gasteiger partial charge in [-0.05, 0) is 31.9 Å². The molecule has 0 nitrogen and oxygen atoms in total. The topological polar surface area (TPSA) is 0 Å². The molecule has 0 spiro atoms. The van der Waals surface area contributed by atoms with Crippen LogP contribution in [0, 0.1) is 5.92 Å². The molecule has 2 atom stereocenters. The summed E-state index contributed by atoms with van der Waals surface area (Å²) in [5.74, 6) is 0.213. The molecular formula is C10H14Cl2. The second-order valence-electron chi connectivity index (χ2n) is 3.67. The Morgan fingerprint density at radius 2 is 1.92 bits per heavy atom. The molecule has 0 N–H and O–H groups in total. The van der Waals surface area contributed by atoms with Crippen molar-refractivity contribution in [2.24, 2.45) is 5.92 Å². The summed E-state index contributed by atoms with van der Waals surface area (Å²) in [5, 5.41) is 0.896. The second-order valence-corrected chi connectivity index (χ2v) is 4.89. The molecule has 1 rings (SSSR count). The van der Waals surface area contributed by atoms with Crippen LogP contribution in [0.15, 0.2) is 22.3 Å². The SMILES string of the molecule is CC1=CC(C)(Cl)C(C)C(Cl)=C1C. The standard InChI is InChI=1S/C10H14Cl2/c1-6-5-10(4,12)8(3)9(11)7(6)2/h5,8H,1-4H3. The van der Waals surface area contributed by atoms with E-state index in [2.05, 4.69) is 13.0 Å². The lowest BCUT2D eigenvalue weighted by Crippen LogP contribution is -2.28. The molecule has 2 unspecified atom stereocenters. The van der Waals surface area contributed by atoms with Gasteiger partial charge in [-0.3, -0.25) is 0 Å². The maximum atomic E-state index is 6.28. The number of allylic oxidation sites excluding steroid dienone is 4. The quantitative estimate of drug-likeness (QED) is 0.522. The first-order chi connectivity index (χ1) is 5.36. The third-order valence-corrected chi connectivity index (χ3v) is 3.72. The molecule has 1 aliphatic rings. The zero-order valence-corrected chi connectivity index (χ0v) is 9.42. The van der Waals surface area contributed by atoms with E-state index in [-0.39, 0.29) is 10.8 Å². The number of hydrogen-bond donors (Lipinski definition) is 0. The first-order valence-corrected chi connectivity index (χ1v) is 4.87. The molecule has 2 heteroatoms. The van der Waals surface area contributed by atoms with Crippen LogP contribution in [0.1, 0.15) is 27.7 Å². The van der Waals surface area contributed by atoms with E-state index in [0.29, 0.717) is 0 Å². The van der Waals surface area contributed by atoms with Gasteiger partial charge in [-0.2, -0.15) is 0 Å². The van der Waals surface area contributed by atoms with E-state index in [1.165, 1.54) is 11.1 Å². The molecule has 68 valence electrons. The molecule has 0 saturated heterocycles. The monoisotopic (exact) mass is 204 g/mol. The summed E-state index contributed by atoms with van der Waals surface area (Å²) >= 11 is 12.4. The van der Waals surface area contributed by atoms with Crippen LogP contribution >= 0.6 is 23.2 Å². The predicted molar refractivity (Wildman–Crippen MR) is 55.7 cm³/mol. The molecule has 0 aliphatic heterocycles. The van der Waals surface area contributed by atoms with Crippen LogP contribution in [0.4, 0.5) is 0 Å². The predicted octanol–water partition coefficient (Wildman–Crippen LogP) is 4.09. The van der Waals surface area contributed by atoms with Crippen LogP contribution in [-0.4, -0.2) is 4.87 Å². The number of alkyl halides is 1. The maximum absolute atomic E-state index is 6.28. The van der Waals surface area contributed by atoms with Crippen molar-refractivity contribution in [3.8, 4) is 0 Å². The minimum absolute atomic E-state index is 0.213. The van der Waals surface area contributed by atoms with E-state index in [4.69, 9.17) is 23.2 Å². The third-order valence-electron chi connectivity index (χ3n) is 2.68. The number of halogens is 2. The summed E-state index contributed by atoms with van der Waals surface area (Å²) in [5.41, 5.74) is 2.36. The second kappa shape index (κ2) is 3.08. The van der Waals surface area contributed by atoms with Gasteiger partial charge in [0.1, 0.15) is 0 Å².